The zero-order valence-electron chi connectivity index (χ0n) is 7.47. The Morgan fingerprint density at radius 3 is 2.86 bits per heavy atom. The van der Waals surface area contributed by atoms with E-state index in [0.29, 0.717) is 6.42 Å². The van der Waals surface area contributed by atoms with Crippen molar-refractivity contribution in [3.63, 3.8) is 0 Å². The number of carboxylic acid groups (broad SMARTS) is 1. The molecule has 0 aromatic heterocycles. The number of allylic oxidation sites excluding steroid dienone is 1. The van der Waals surface area contributed by atoms with E-state index in [0.717, 1.165) is 0 Å². The van der Waals surface area contributed by atoms with Crippen molar-refractivity contribution in [1.29, 1.82) is 0 Å². The Bertz CT molecular complexity index is 334. The monoisotopic (exact) mass is 215 g/mol. The van der Waals surface area contributed by atoms with Gasteiger partial charge in [0.1, 0.15) is 5.57 Å². The van der Waals surface area contributed by atoms with Gasteiger partial charge in [0.15, 0.2) is 0 Å². The van der Waals surface area contributed by atoms with Gasteiger partial charge in [-0.1, -0.05) is 0 Å². The Hall–Kier alpha value is -1.30. The first-order chi connectivity index (χ1) is 6.56. The predicted octanol–water partition coefficient (Wildman–Crippen LogP) is 1.29. The van der Waals surface area contributed by atoms with Crippen molar-refractivity contribution in [2.75, 3.05) is 6.26 Å². The Morgan fingerprint density at radius 1 is 1.79 bits per heavy atom. The van der Waals surface area contributed by atoms with Gasteiger partial charge in [0.25, 0.3) is 5.70 Å². The van der Waals surface area contributed by atoms with Crippen LogP contribution in [0, 0.1) is 10.1 Å². The molecule has 1 atom stereocenters. The Kier molecular flexibility index (Phi) is 3.29. The molecule has 0 spiro atoms. The minimum atomic E-state index is -1.24. The predicted molar refractivity (Wildman–Crippen MR) is 52.7 cm³/mol. The van der Waals surface area contributed by atoms with Crippen LogP contribution in [0.4, 0.5) is 0 Å². The number of rotatable bonds is 3. The number of thioether (sulfide) groups is 1. The fourth-order valence-corrected chi connectivity index (χ4v) is 1.76. The summed E-state index contributed by atoms with van der Waals surface area (Å²) in [5.41, 5.74) is -0.511. The SMILES string of the molecule is CSC1C=C(C(=O)O)C([N+](=O)[O-])=CC1. The lowest BCUT2D eigenvalue weighted by molar-refractivity contribution is -0.421. The molecule has 0 heterocycles. The van der Waals surface area contributed by atoms with Crippen LogP contribution < -0.4 is 0 Å². The maximum absolute atomic E-state index is 10.7. The first-order valence-electron chi connectivity index (χ1n) is 3.89. The van der Waals surface area contributed by atoms with E-state index in [-0.39, 0.29) is 16.5 Å². The fourth-order valence-electron chi connectivity index (χ4n) is 1.20. The van der Waals surface area contributed by atoms with Crippen molar-refractivity contribution in [2.24, 2.45) is 0 Å². The van der Waals surface area contributed by atoms with Gasteiger partial charge >= 0.3 is 5.97 Å². The zero-order valence-corrected chi connectivity index (χ0v) is 8.28. The van der Waals surface area contributed by atoms with Crippen molar-refractivity contribution in [3.8, 4) is 0 Å². The molecule has 0 bridgehead atoms. The van der Waals surface area contributed by atoms with Crippen LogP contribution >= 0.6 is 11.8 Å². The van der Waals surface area contributed by atoms with Crippen LogP contribution in [0.25, 0.3) is 0 Å². The standard InChI is InChI=1S/C8H9NO4S/c1-14-5-2-3-7(9(12)13)6(4-5)8(10)11/h3-5H,2H2,1H3,(H,10,11). The van der Waals surface area contributed by atoms with Crippen molar-refractivity contribution in [2.45, 2.75) is 11.7 Å². The number of hydrogen-bond acceptors (Lipinski definition) is 4. The third-order valence-corrected chi connectivity index (χ3v) is 2.84. The van der Waals surface area contributed by atoms with Gasteiger partial charge in [0, 0.05) is 5.25 Å². The number of nitrogens with zero attached hydrogens (tertiary/aromatic N) is 1. The van der Waals surface area contributed by atoms with Crippen LogP contribution in [-0.4, -0.2) is 27.5 Å². The molecule has 14 heavy (non-hydrogen) atoms. The van der Waals surface area contributed by atoms with E-state index in [9.17, 15) is 14.9 Å². The first kappa shape index (κ1) is 10.8. The second-order valence-electron chi connectivity index (χ2n) is 2.74. The molecule has 0 saturated carbocycles. The lowest BCUT2D eigenvalue weighted by atomic mass is 10.0. The molecule has 1 rings (SSSR count). The van der Waals surface area contributed by atoms with Crippen molar-refractivity contribution in [1.82, 2.24) is 0 Å². The molecule has 1 aliphatic rings. The molecular formula is C8H9NO4S. The summed E-state index contributed by atoms with van der Waals surface area (Å²) in [6.07, 6.45) is 5.15. The summed E-state index contributed by atoms with van der Waals surface area (Å²) in [6, 6.07) is 0. The summed E-state index contributed by atoms with van der Waals surface area (Å²) < 4.78 is 0. The van der Waals surface area contributed by atoms with E-state index in [1.165, 1.54) is 23.9 Å². The molecule has 5 nitrogen and oxygen atoms in total. The molecule has 1 aliphatic carbocycles. The summed E-state index contributed by atoms with van der Waals surface area (Å²) in [7, 11) is 0. The summed E-state index contributed by atoms with van der Waals surface area (Å²) >= 11 is 1.47. The molecule has 0 aliphatic heterocycles. The van der Waals surface area contributed by atoms with Gasteiger partial charge in [-0.2, -0.15) is 11.8 Å². The van der Waals surface area contributed by atoms with Crippen LogP contribution in [-0.2, 0) is 4.79 Å². The van der Waals surface area contributed by atoms with Crippen LogP contribution in [0.3, 0.4) is 0 Å². The van der Waals surface area contributed by atoms with Gasteiger partial charge in [-0.25, -0.2) is 4.79 Å². The summed E-state index contributed by atoms with van der Waals surface area (Å²) in [5, 5.41) is 19.3. The van der Waals surface area contributed by atoms with Gasteiger partial charge in [0.05, 0.1) is 4.92 Å². The van der Waals surface area contributed by atoms with Gasteiger partial charge in [-0.15, -0.1) is 0 Å². The lowest BCUT2D eigenvalue weighted by Gasteiger charge is -2.12. The van der Waals surface area contributed by atoms with Crippen LogP contribution in [0.5, 0.6) is 0 Å². The lowest BCUT2D eigenvalue weighted by Crippen LogP contribution is -2.17. The van der Waals surface area contributed by atoms with Crippen LogP contribution in [0.2, 0.25) is 0 Å². The highest BCUT2D eigenvalue weighted by atomic mass is 32.2. The quantitative estimate of drug-likeness (QED) is 0.566. The van der Waals surface area contributed by atoms with Crippen molar-refractivity contribution < 1.29 is 14.8 Å². The van der Waals surface area contributed by atoms with E-state index in [1.54, 1.807) is 0 Å². The third-order valence-electron chi connectivity index (χ3n) is 1.90. The number of carboxylic acids is 1. The molecule has 1 N–H and O–H groups in total. The molecule has 0 fully saturated rings. The summed E-state index contributed by atoms with van der Waals surface area (Å²) in [4.78, 5) is 20.5. The highest BCUT2D eigenvalue weighted by Crippen LogP contribution is 2.25. The summed E-state index contributed by atoms with van der Waals surface area (Å²) in [6.45, 7) is 0. The van der Waals surface area contributed by atoms with Gasteiger partial charge < -0.3 is 5.11 Å². The Balaban J connectivity index is 3.01. The Labute approximate surface area is 84.6 Å². The van der Waals surface area contributed by atoms with Gasteiger partial charge in [-0.3, -0.25) is 10.1 Å². The molecule has 0 radical (unpaired) electrons. The highest BCUT2D eigenvalue weighted by Gasteiger charge is 2.28. The largest absolute Gasteiger partial charge is 0.477 e. The molecule has 0 amide bonds. The highest BCUT2D eigenvalue weighted by molar-refractivity contribution is 7.99. The summed E-state index contributed by atoms with van der Waals surface area (Å²) in [5.74, 6) is -1.24. The van der Waals surface area contributed by atoms with Gasteiger partial charge in [-0.05, 0) is 24.8 Å². The van der Waals surface area contributed by atoms with Crippen LogP contribution in [0.15, 0.2) is 23.4 Å². The fraction of sp³-hybridized carbons (Fsp3) is 0.375. The van der Waals surface area contributed by atoms with Crippen LogP contribution in [0.1, 0.15) is 6.42 Å². The number of carbonyl (C=O) groups is 1. The average Bonchev–Trinajstić information content (AvgIpc) is 2.16. The Morgan fingerprint density at radius 2 is 2.43 bits per heavy atom. The van der Waals surface area contributed by atoms with E-state index in [4.69, 9.17) is 5.11 Å². The molecule has 0 saturated heterocycles. The van der Waals surface area contributed by atoms with E-state index in [2.05, 4.69) is 0 Å². The first-order valence-corrected chi connectivity index (χ1v) is 5.18. The number of nitro groups is 1. The van der Waals surface area contributed by atoms with Gasteiger partial charge in [0.2, 0.25) is 0 Å². The zero-order chi connectivity index (χ0) is 10.7. The second-order valence-corrected chi connectivity index (χ2v) is 3.82. The molecule has 76 valence electrons. The number of hydrogen-bond donors (Lipinski definition) is 1. The maximum Gasteiger partial charge on any atom is 0.342 e. The minimum absolute atomic E-state index is 0.0183. The molecule has 1 unspecified atom stereocenters. The van der Waals surface area contributed by atoms with E-state index < -0.39 is 10.9 Å². The molecule has 0 aromatic carbocycles. The van der Waals surface area contributed by atoms with E-state index >= 15 is 0 Å². The third kappa shape index (κ3) is 2.14. The minimum Gasteiger partial charge on any atom is -0.477 e. The molecule has 0 aromatic rings. The molecular weight excluding hydrogens is 206 g/mol. The van der Waals surface area contributed by atoms with Crippen molar-refractivity contribution in [3.05, 3.63) is 33.5 Å². The number of aliphatic carboxylic acids is 1. The van der Waals surface area contributed by atoms with E-state index in [1.807, 2.05) is 6.26 Å². The normalized spacial score (nSPS) is 21.1. The second kappa shape index (κ2) is 4.28. The molecule has 6 heteroatoms. The maximum atomic E-state index is 10.7. The van der Waals surface area contributed by atoms with Crippen molar-refractivity contribution >= 4 is 17.7 Å². The average molecular weight is 215 g/mol. The topological polar surface area (TPSA) is 80.4 Å². The smallest absolute Gasteiger partial charge is 0.342 e.